The lowest BCUT2D eigenvalue weighted by molar-refractivity contribution is 0.0983. The molecule has 2 aromatic carbocycles. The van der Waals surface area contributed by atoms with Crippen molar-refractivity contribution in [2.24, 2.45) is 0 Å². The number of hydrogen-bond donors (Lipinski definition) is 0. The summed E-state index contributed by atoms with van der Waals surface area (Å²) in [5.74, 6) is 0.363. The summed E-state index contributed by atoms with van der Waals surface area (Å²) in [4.78, 5) is 20.3. The molecule has 0 aliphatic heterocycles. The third kappa shape index (κ3) is 6.34. The van der Waals surface area contributed by atoms with Crippen LogP contribution >= 0.6 is 11.3 Å². The van der Waals surface area contributed by atoms with Gasteiger partial charge in [-0.15, -0.1) is 0 Å². The number of carbonyl (C=O) groups excluding carboxylic acids is 1. The minimum Gasteiger partial charge on any atom is -0.467 e. The first kappa shape index (κ1) is 28.0. The zero-order valence-corrected chi connectivity index (χ0v) is 23.9. The van der Waals surface area contributed by atoms with E-state index in [1.54, 1.807) is 33.7 Å². The normalized spacial score (nSPS) is 11.9. The molecule has 0 aliphatic rings. The molecule has 0 N–H and O–H groups in total. The number of amides is 1. The van der Waals surface area contributed by atoms with Crippen LogP contribution in [-0.4, -0.2) is 36.7 Å². The smallest absolute Gasteiger partial charge is 0.260 e. The number of aryl methyl sites for hydroxylation is 1. The molecule has 0 bridgehead atoms. The summed E-state index contributed by atoms with van der Waals surface area (Å²) in [6, 6.07) is 16.0. The van der Waals surface area contributed by atoms with Gasteiger partial charge in [0.25, 0.3) is 5.91 Å². The molecule has 0 spiro atoms. The average Bonchev–Trinajstić information content (AvgIpc) is 3.60. The molecule has 0 aliphatic carbocycles. The first-order valence-corrected chi connectivity index (χ1v) is 15.5. The Bertz CT molecular complexity index is 1440. The number of nitrogens with zero attached hydrogens (tertiary/aromatic N) is 3. The Hall–Kier alpha value is -3.01. The Morgan fingerprint density at radius 3 is 2.29 bits per heavy atom. The molecule has 0 saturated carbocycles. The maximum atomic E-state index is 13.7. The number of thiazole rings is 1. The second kappa shape index (κ2) is 12.7. The van der Waals surface area contributed by atoms with E-state index in [9.17, 15) is 13.2 Å². The standard InChI is InChI=1S/C29H35N3O4S2/c1-4-7-17-31(18-8-5-2)38(34,35)25-14-12-23(13-15-25)28(33)32(21-24-10-9-19-36-24)29-30-26-16-11-22(6-3)20-27(26)37-29/h9-16,19-20H,4-8,17-18,21H2,1-3H3. The molecule has 1 amide bonds. The highest BCUT2D eigenvalue weighted by Gasteiger charge is 2.26. The summed E-state index contributed by atoms with van der Waals surface area (Å²) in [6.45, 7) is 7.41. The number of fused-ring (bicyclic) bond motifs is 1. The van der Waals surface area contributed by atoms with Gasteiger partial charge in [-0.25, -0.2) is 13.4 Å². The van der Waals surface area contributed by atoms with E-state index >= 15 is 0 Å². The molecule has 38 heavy (non-hydrogen) atoms. The number of unbranched alkanes of at least 4 members (excludes halogenated alkanes) is 2. The van der Waals surface area contributed by atoms with Crippen LogP contribution in [0.3, 0.4) is 0 Å². The van der Waals surface area contributed by atoms with Crippen LogP contribution in [0.4, 0.5) is 5.13 Å². The maximum absolute atomic E-state index is 13.7. The van der Waals surface area contributed by atoms with Gasteiger partial charge in [-0.1, -0.05) is 51.0 Å². The highest BCUT2D eigenvalue weighted by atomic mass is 32.2. The number of aromatic nitrogens is 1. The Morgan fingerprint density at radius 2 is 1.68 bits per heavy atom. The largest absolute Gasteiger partial charge is 0.467 e. The van der Waals surface area contributed by atoms with E-state index in [2.05, 4.69) is 13.0 Å². The van der Waals surface area contributed by atoms with Gasteiger partial charge in [-0.3, -0.25) is 9.69 Å². The van der Waals surface area contributed by atoms with Crippen LogP contribution in [-0.2, 0) is 23.0 Å². The van der Waals surface area contributed by atoms with Crippen molar-refractivity contribution < 1.29 is 17.6 Å². The second-order valence-corrected chi connectivity index (χ2v) is 12.2. The third-order valence-electron chi connectivity index (χ3n) is 6.48. The number of furan rings is 1. The van der Waals surface area contributed by atoms with E-state index in [1.807, 2.05) is 32.0 Å². The fraction of sp³-hybridized carbons (Fsp3) is 0.379. The lowest BCUT2D eigenvalue weighted by Crippen LogP contribution is -2.33. The van der Waals surface area contributed by atoms with Gasteiger partial charge in [0.1, 0.15) is 5.76 Å². The van der Waals surface area contributed by atoms with Crippen molar-refractivity contribution >= 4 is 42.6 Å². The Balaban J connectivity index is 1.63. The highest BCUT2D eigenvalue weighted by Crippen LogP contribution is 2.32. The molecule has 2 aromatic heterocycles. The lowest BCUT2D eigenvalue weighted by atomic mass is 10.2. The van der Waals surface area contributed by atoms with Crippen LogP contribution in [0.15, 0.2) is 70.2 Å². The van der Waals surface area contributed by atoms with Crippen molar-refractivity contribution in [1.82, 2.24) is 9.29 Å². The van der Waals surface area contributed by atoms with Gasteiger partial charge in [0.2, 0.25) is 10.0 Å². The third-order valence-corrected chi connectivity index (χ3v) is 9.44. The predicted molar refractivity (Wildman–Crippen MR) is 153 cm³/mol. The quantitative estimate of drug-likeness (QED) is 0.180. The molecule has 0 radical (unpaired) electrons. The highest BCUT2D eigenvalue weighted by molar-refractivity contribution is 7.89. The number of rotatable bonds is 13. The van der Waals surface area contributed by atoms with Gasteiger partial charge in [-0.05, 0) is 73.4 Å². The summed E-state index contributed by atoms with van der Waals surface area (Å²) >= 11 is 1.46. The molecule has 0 fully saturated rings. The van der Waals surface area contributed by atoms with Crippen molar-refractivity contribution in [2.75, 3.05) is 18.0 Å². The van der Waals surface area contributed by atoms with Gasteiger partial charge >= 0.3 is 0 Å². The van der Waals surface area contributed by atoms with Crippen molar-refractivity contribution in [1.29, 1.82) is 0 Å². The summed E-state index contributed by atoms with van der Waals surface area (Å²) in [5.41, 5.74) is 2.43. The van der Waals surface area contributed by atoms with E-state index in [4.69, 9.17) is 9.40 Å². The molecule has 0 saturated heterocycles. The molecular formula is C29H35N3O4S2. The van der Waals surface area contributed by atoms with Crippen molar-refractivity contribution in [2.45, 2.75) is 64.3 Å². The molecule has 0 atom stereocenters. The van der Waals surface area contributed by atoms with Crippen LogP contribution in [0.5, 0.6) is 0 Å². The molecule has 0 unspecified atom stereocenters. The number of carbonyl (C=O) groups is 1. The Labute approximate surface area is 229 Å². The molecule has 4 aromatic rings. The van der Waals surface area contributed by atoms with Gasteiger partial charge in [-0.2, -0.15) is 4.31 Å². The Morgan fingerprint density at radius 1 is 0.974 bits per heavy atom. The van der Waals surface area contributed by atoms with Gasteiger partial charge in [0, 0.05) is 18.7 Å². The van der Waals surface area contributed by atoms with E-state index < -0.39 is 10.0 Å². The molecule has 202 valence electrons. The molecule has 7 nitrogen and oxygen atoms in total. The summed E-state index contributed by atoms with van der Waals surface area (Å²) < 4.78 is 34.8. The van der Waals surface area contributed by atoms with Crippen LogP contribution < -0.4 is 4.90 Å². The van der Waals surface area contributed by atoms with Crippen LogP contribution in [0.25, 0.3) is 10.2 Å². The fourth-order valence-corrected chi connectivity index (χ4v) is 6.72. The lowest BCUT2D eigenvalue weighted by Gasteiger charge is -2.22. The van der Waals surface area contributed by atoms with E-state index in [1.165, 1.54) is 29.0 Å². The SMILES string of the molecule is CCCCN(CCCC)S(=O)(=O)c1ccc(C(=O)N(Cc2ccco2)c2nc3ccc(CC)cc3s2)cc1. The predicted octanol–water partition coefficient (Wildman–Crippen LogP) is 6.89. The zero-order valence-electron chi connectivity index (χ0n) is 22.2. The first-order valence-electron chi connectivity index (χ1n) is 13.2. The van der Waals surface area contributed by atoms with E-state index in [-0.39, 0.29) is 17.3 Å². The number of anilines is 1. The van der Waals surface area contributed by atoms with Crippen molar-refractivity contribution in [3.05, 3.63) is 77.7 Å². The van der Waals surface area contributed by atoms with Gasteiger partial charge < -0.3 is 4.42 Å². The fourth-order valence-electron chi connectivity index (χ4n) is 4.17. The van der Waals surface area contributed by atoms with Crippen LogP contribution in [0, 0.1) is 0 Å². The monoisotopic (exact) mass is 553 g/mol. The van der Waals surface area contributed by atoms with Crippen LogP contribution in [0.1, 0.15) is 68.1 Å². The average molecular weight is 554 g/mol. The number of hydrogen-bond acceptors (Lipinski definition) is 6. The summed E-state index contributed by atoms with van der Waals surface area (Å²) in [5, 5.41) is 0.566. The van der Waals surface area contributed by atoms with Crippen LogP contribution in [0.2, 0.25) is 0 Å². The zero-order chi connectivity index (χ0) is 27.1. The van der Waals surface area contributed by atoms with Crippen molar-refractivity contribution in [3.8, 4) is 0 Å². The van der Waals surface area contributed by atoms with E-state index in [0.29, 0.717) is 29.5 Å². The molecular weight excluding hydrogens is 518 g/mol. The number of sulfonamides is 1. The molecule has 9 heteroatoms. The van der Waals surface area contributed by atoms with Gasteiger partial charge in [0.15, 0.2) is 5.13 Å². The second-order valence-electron chi connectivity index (χ2n) is 9.26. The summed E-state index contributed by atoms with van der Waals surface area (Å²) in [6.07, 6.45) is 5.95. The first-order chi connectivity index (χ1) is 18.4. The minimum atomic E-state index is -3.64. The number of benzene rings is 2. The maximum Gasteiger partial charge on any atom is 0.260 e. The minimum absolute atomic E-state index is 0.200. The topological polar surface area (TPSA) is 83.7 Å². The molecule has 4 rings (SSSR count). The van der Waals surface area contributed by atoms with Gasteiger partial charge in [0.05, 0.1) is 27.9 Å². The molecule has 2 heterocycles. The Kier molecular flexibility index (Phi) is 9.35. The summed E-state index contributed by atoms with van der Waals surface area (Å²) in [7, 11) is -3.64. The van der Waals surface area contributed by atoms with E-state index in [0.717, 1.165) is 42.3 Å². The van der Waals surface area contributed by atoms with Crippen molar-refractivity contribution in [3.63, 3.8) is 0 Å².